The van der Waals surface area contributed by atoms with Crippen LogP contribution in [-0.2, 0) is 0 Å². The van der Waals surface area contributed by atoms with Crippen LogP contribution in [0.5, 0.6) is 0 Å². The van der Waals surface area contributed by atoms with Crippen molar-refractivity contribution in [3.8, 4) is 0 Å². The maximum absolute atomic E-state index is 12.2. The minimum atomic E-state index is -0.0340. The van der Waals surface area contributed by atoms with E-state index >= 15 is 0 Å². The van der Waals surface area contributed by atoms with Crippen molar-refractivity contribution in [1.29, 1.82) is 0 Å². The molecule has 0 spiro atoms. The second-order valence-electron chi connectivity index (χ2n) is 5.65. The molecule has 1 amide bonds. The molecule has 1 aromatic heterocycles. The van der Waals surface area contributed by atoms with Crippen LogP contribution in [0.3, 0.4) is 0 Å². The van der Waals surface area contributed by atoms with Crippen LogP contribution in [0.25, 0.3) is 0 Å². The summed E-state index contributed by atoms with van der Waals surface area (Å²) in [6.07, 6.45) is 7.50. The van der Waals surface area contributed by atoms with Crippen LogP contribution in [0.4, 0.5) is 0 Å². The van der Waals surface area contributed by atoms with Gasteiger partial charge >= 0.3 is 0 Å². The van der Waals surface area contributed by atoms with Crippen LogP contribution in [0.1, 0.15) is 42.5 Å². The molecule has 2 bridgehead atoms. The monoisotopic (exact) mass is 326 g/mol. The molecule has 2 unspecified atom stereocenters. The topological polar surface area (TPSA) is 45.5 Å². The lowest BCUT2D eigenvalue weighted by molar-refractivity contribution is 0.0462. The van der Waals surface area contributed by atoms with Gasteiger partial charge < -0.3 is 14.6 Å². The van der Waals surface area contributed by atoms with E-state index < -0.39 is 0 Å². The maximum atomic E-state index is 12.2. The number of fused-ring (bicyclic) bond motifs is 2. The van der Waals surface area contributed by atoms with Gasteiger partial charge in [0.2, 0.25) is 0 Å². The van der Waals surface area contributed by atoms with E-state index in [1.165, 1.54) is 25.5 Å². The van der Waals surface area contributed by atoms with Gasteiger partial charge in [0.05, 0.1) is 11.8 Å². The lowest BCUT2D eigenvalue weighted by atomic mass is 9.82. The summed E-state index contributed by atoms with van der Waals surface area (Å²) in [5, 5.41) is 3.16. The number of carbonyl (C=O) groups is 1. The summed E-state index contributed by atoms with van der Waals surface area (Å²) >= 11 is 3.25. The molecule has 104 valence electrons. The third kappa shape index (κ3) is 2.58. The highest BCUT2D eigenvalue weighted by molar-refractivity contribution is 9.10. The Morgan fingerprint density at radius 3 is 2.68 bits per heavy atom. The number of rotatable bonds is 2. The summed E-state index contributed by atoms with van der Waals surface area (Å²) in [7, 11) is 2.22. The zero-order chi connectivity index (χ0) is 13.4. The largest absolute Gasteiger partial charge is 0.457 e. The van der Waals surface area contributed by atoms with Crippen molar-refractivity contribution in [2.24, 2.45) is 0 Å². The van der Waals surface area contributed by atoms with Crippen LogP contribution in [0.2, 0.25) is 0 Å². The van der Waals surface area contributed by atoms with E-state index in [2.05, 4.69) is 33.2 Å². The average Bonchev–Trinajstić information content (AvgIpc) is 2.77. The summed E-state index contributed by atoms with van der Waals surface area (Å²) < 4.78 is 5.63. The second kappa shape index (κ2) is 5.29. The Labute approximate surface area is 121 Å². The highest BCUT2D eigenvalue weighted by Gasteiger charge is 2.36. The van der Waals surface area contributed by atoms with Crippen molar-refractivity contribution in [2.45, 2.75) is 50.2 Å². The Balaban J connectivity index is 1.65. The minimum absolute atomic E-state index is 0.0340. The van der Waals surface area contributed by atoms with E-state index in [-0.39, 0.29) is 5.91 Å². The number of hydrogen-bond acceptors (Lipinski definition) is 3. The summed E-state index contributed by atoms with van der Waals surface area (Å²) in [4.78, 5) is 14.7. The Kier molecular flexibility index (Phi) is 3.67. The number of nitrogens with zero attached hydrogens (tertiary/aromatic N) is 1. The van der Waals surface area contributed by atoms with E-state index in [9.17, 15) is 4.79 Å². The number of furan rings is 1. The molecule has 0 saturated carbocycles. The molecule has 2 atom stereocenters. The summed E-state index contributed by atoms with van der Waals surface area (Å²) in [6, 6.07) is 3.26. The fraction of sp³-hybridized carbons (Fsp3) is 0.643. The molecule has 1 N–H and O–H groups in total. The summed E-state index contributed by atoms with van der Waals surface area (Å²) in [5.41, 5.74) is 0.587. The van der Waals surface area contributed by atoms with Crippen molar-refractivity contribution < 1.29 is 9.21 Å². The summed E-state index contributed by atoms with van der Waals surface area (Å²) in [6.45, 7) is 0. The highest BCUT2D eigenvalue weighted by atomic mass is 79.9. The molecule has 2 aliphatic heterocycles. The lowest BCUT2D eigenvalue weighted by Gasteiger charge is -2.47. The highest BCUT2D eigenvalue weighted by Crippen LogP contribution is 2.32. The Morgan fingerprint density at radius 2 is 2.11 bits per heavy atom. The molecule has 3 rings (SSSR count). The fourth-order valence-electron chi connectivity index (χ4n) is 3.45. The van der Waals surface area contributed by atoms with Crippen molar-refractivity contribution in [1.82, 2.24) is 10.2 Å². The zero-order valence-corrected chi connectivity index (χ0v) is 12.6. The van der Waals surface area contributed by atoms with Gasteiger partial charge in [-0.25, -0.2) is 0 Å². The molecule has 5 heteroatoms. The van der Waals surface area contributed by atoms with Crippen LogP contribution < -0.4 is 5.32 Å². The smallest absolute Gasteiger partial charge is 0.255 e. The van der Waals surface area contributed by atoms with Crippen LogP contribution in [-0.4, -0.2) is 36.0 Å². The first kappa shape index (κ1) is 13.2. The van der Waals surface area contributed by atoms with Crippen molar-refractivity contribution >= 4 is 21.8 Å². The molecule has 2 fully saturated rings. The molecule has 4 nitrogen and oxygen atoms in total. The van der Waals surface area contributed by atoms with E-state index in [0.717, 1.165) is 12.8 Å². The van der Waals surface area contributed by atoms with E-state index in [1.54, 1.807) is 6.07 Å². The van der Waals surface area contributed by atoms with E-state index in [0.29, 0.717) is 28.4 Å². The van der Waals surface area contributed by atoms with Gasteiger partial charge in [0, 0.05) is 18.1 Å². The van der Waals surface area contributed by atoms with Gasteiger partial charge in [0.1, 0.15) is 0 Å². The number of halogens is 1. The van der Waals surface area contributed by atoms with Gasteiger partial charge in [0.15, 0.2) is 4.67 Å². The molecular formula is C14H19BrN2O2. The average molecular weight is 327 g/mol. The Bertz CT molecular complexity index is 460. The number of hydrogen-bond donors (Lipinski definition) is 1. The SMILES string of the molecule is CN1C2CCCC1CC(NC(=O)c1ccoc1Br)C2. The van der Waals surface area contributed by atoms with Crippen molar-refractivity contribution in [2.75, 3.05) is 7.05 Å². The first-order valence-electron chi connectivity index (χ1n) is 6.91. The number of carbonyl (C=O) groups excluding carboxylic acids is 1. The van der Waals surface area contributed by atoms with Gasteiger partial charge in [0.25, 0.3) is 5.91 Å². The molecule has 2 saturated heterocycles. The number of piperidine rings is 2. The quantitative estimate of drug-likeness (QED) is 0.908. The maximum Gasteiger partial charge on any atom is 0.255 e. The third-order valence-corrected chi connectivity index (χ3v) is 5.15. The number of amides is 1. The third-order valence-electron chi connectivity index (χ3n) is 4.54. The lowest BCUT2D eigenvalue weighted by Crippen LogP contribution is -2.55. The van der Waals surface area contributed by atoms with Gasteiger partial charge in [-0.2, -0.15) is 0 Å². The van der Waals surface area contributed by atoms with Crippen LogP contribution in [0.15, 0.2) is 21.4 Å². The first-order valence-corrected chi connectivity index (χ1v) is 7.70. The van der Waals surface area contributed by atoms with Crippen molar-refractivity contribution in [3.63, 3.8) is 0 Å². The molecule has 2 aliphatic rings. The summed E-state index contributed by atoms with van der Waals surface area (Å²) in [5.74, 6) is -0.0340. The van der Waals surface area contributed by atoms with E-state index in [1.807, 2.05) is 0 Å². The molecule has 1 aromatic rings. The molecular weight excluding hydrogens is 308 g/mol. The molecule has 0 aromatic carbocycles. The number of nitrogens with one attached hydrogen (secondary N) is 1. The predicted molar refractivity (Wildman–Crippen MR) is 76.1 cm³/mol. The normalized spacial score (nSPS) is 31.2. The van der Waals surface area contributed by atoms with Crippen LogP contribution in [0, 0.1) is 0 Å². The van der Waals surface area contributed by atoms with E-state index in [4.69, 9.17) is 4.42 Å². The van der Waals surface area contributed by atoms with Gasteiger partial charge in [-0.15, -0.1) is 0 Å². The second-order valence-corrected chi connectivity index (χ2v) is 6.37. The first-order chi connectivity index (χ1) is 9.15. The fourth-order valence-corrected chi connectivity index (χ4v) is 3.87. The van der Waals surface area contributed by atoms with Gasteiger partial charge in [-0.05, 0) is 54.7 Å². The predicted octanol–water partition coefficient (Wildman–Crippen LogP) is 2.79. The van der Waals surface area contributed by atoms with Gasteiger partial charge in [-0.1, -0.05) is 6.42 Å². The molecule has 19 heavy (non-hydrogen) atoms. The molecule has 3 heterocycles. The zero-order valence-electron chi connectivity index (χ0n) is 11.1. The van der Waals surface area contributed by atoms with Crippen LogP contribution >= 0.6 is 15.9 Å². The standard InChI is InChI=1S/C14H19BrN2O2/c1-17-10-3-2-4-11(17)8-9(7-10)16-14(18)12-5-6-19-13(12)15/h5-6,9-11H,2-4,7-8H2,1H3,(H,16,18). The van der Waals surface area contributed by atoms with Gasteiger partial charge in [-0.3, -0.25) is 4.79 Å². The Morgan fingerprint density at radius 1 is 1.42 bits per heavy atom. The van der Waals surface area contributed by atoms with Crippen molar-refractivity contribution in [3.05, 3.63) is 22.6 Å². The molecule has 0 radical (unpaired) electrons. The molecule has 0 aliphatic carbocycles. The Hall–Kier alpha value is -0.810. The minimum Gasteiger partial charge on any atom is -0.457 e.